The van der Waals surface area contributed by atoms with Crippen LogP contribution in [0.2, 0.25) is 0 Å². The zero-order valence-electron chi connectivity index (χ0n) is 22.3. The van der Waals surface area contributed by atoms with E-state index in [-0.39, 0.29) is 17.2 Å². The van der Waals surface area contributed by atoms with Gasteiger partial charge in [0, 0.05) is 24.2 Å². The Morgan fingerprint density at radius 2 is 1.66 bits per heavy atom. The van der Waals surface area contributed by atoms with Crippen molar-refractivity contribution in [2.24, 2.45) is 0 Å². The molecule has 11 heteroatoms. The van der Waals surface area contributed by atoms with Crippen molar-refractivity contribution in [2.45, 2.75) is 56.0 Å². The second-order valence-electron chi connectivity index (χ2n) is 10.3. The van der Waals surface area contributed by atoms with Crippen LogP contribution in [0.3, 0.4) is 0 Å². The number of para-hydroxylation sites is 2. The summed E-state index contributed by atoms with van der Waals surface area (Å²) >= 11 is 0. The maximum Gasteiger partial charge on any atom is 0.252 e. The van der Waals surface area contributed by atoms with Crippen LogP contribution in [-0.2, 0) is 24.4 Å². The first kappa shape index (κ1) is 26.9. The standard InChI is InChI=1S/C30H28N4O6S/c1-19(35)31-21-12-16-24(17-13-21)41(38,39)34(23-6-2-3-7-23)26-18-28(36)33(30(26)37)22-14-10-20(11-15-22)29-32-25-8-4-5-9-27(25)40-29/h4-5,8-17,23,26H,2-3,6-7,18H2,1H3,(H,31,35). The molecule has 1 N–H and O–H groups in total. The number of carbonyl (C=O) groups is 3. The number of hydrogen-bond donors (Lipinski definition) is 1. The first-order valence-corrected chi connectivity index (χ1v) is 14.9. The van der Waals surface area contributed by atoms with E-state index in [0.717, 1.165) is 23.3 Å². The molecule has 2 aliphatic rings. The molecule has 4 aromatic rings. The molecular weight excluding hydrogens is 544 g/mol. The van der Waals surface area contributed by atoms with Crippen LogP contribution in [0.4, 0.5) is 11.4 Å². The van der Waals surface area contributed by atoms with Gasteiger partial charge in [-0.2, -0.15) is 4.31 Å². The normalized spacial score (nSPS) is 18.1. The maximum atomic E-state index is 13.9. The topological polar surface area (TPSA) is 130 Å². The van der Waals surface area contributed by atoms with Gasteiger partial charge in [0.1, 0.15) is 11.6 Å². The van der Waals surface area contributed by atoms with Gasteiger partial charge in [-0.3, -0.25) is 14.4 Å². The van der Waals surface area contributed by atoms with Crippen LogP contribution >= 0.6 is 0 Å². The molecule has 6 rings (SSSR count). The molecule has 1 atom stereocenters. The van der Waals surface area contributed by atoms with Gasteiger partial charge in [-0.25, -0.2) is 18.3 Å². The lowest BCUT2D eigenvalue weighted by Gasteiger charge is -2.32. The smallest absolute Gasteiger partial charge is 0.252 e. The summed E-state index contributed by atoms with van der Waals surface area (Å²) in [4.78, 5) is 43.9. The molecule has 1 aliphatic carbocycles. The van der Waals surface area contributed by atoms with E-state index >= 15 is 0 Å². The summed E-state index contributed by atoms with van der Waals surface area (Å²) in [6, 6.07) is 18.4. The number of aromatic nitrogens is 1. The Labute approximate surface area is 237 Å². The molecule has 1 saturated carbocycles. The third-order valence-electron chi connectivity index (χ3n) is 7.53. The number of carbonyl (C=O) groups excluding carboxylic acids is 3. The number of benzene rings is 3. The highest BCUT2D eigenvalue weighted by atomic mass is 32.2. The van der Waals surface area contributed by atoms with Gasteiger partial charge in [-0.05, 0) is 73.5 Å². The van der Waals surface area contributed by atoms with Crippen molar-refractivity contribution in [3.63, 3.8) is 0 Å². The molecule has 0 bridgehead atoms. The monoisotopic (exact) mass is 572 g/mol. The minimum absolute atomic E-state index is 0.000103. The van der Waals surface area contributed by atoms with Crippen LogP contribution in [-0.4, -0.2) is 47.5 Å². The number of nitrogens with one attached hydrogen (secondary N) is 1. The Balaban J connectivity index is 1.28. The Morgan fingerprint density at radius 3 is 2.32 bits per heavy atom. The van der Waals surface area contributed by atoms with Gasteiger partial charge in [0.05, 0.1) is 17.0 Å². The lowest BCUT2D eigenvalue weighted by atomic mass is 10.1. The zero-order valence-corrected chi connectivity index (χ0v) is 23.1. The summed E-state index contributed by atoms with van der Waals surface area (Å²) in [6.45, 7) is 1.37. The molecule has 0 radical (unpaired) electrons. The van der Waals surface area contributed by atoms with E-state index in [1.165, 1.54) is 35.5 Å². The largest absolute Gasteiger partial charge is 0.436 e. The predicted molar refractivity (Wildman–Crippen MR) is 152 cm³/mol. The summed E-state index contributed by atoms with van der Waals surface area (Å²) in [5, 5.41) is 2.62. The SMILES string of the molecule is CC(=O)Nc1ccc(S(=O)(=O)N(C2CCCC2)C2CC(=O)N(c3ccc(-c4nc5ccccc5o4)cc3)C2=O)cc1. The molecule has 10 nitrogen and oxygen atoms in total. The number of rotatable bonds is 7. The second-order valence-corrected chi connectivity index (χ2v) is 12.1. The Morgan fingerprint density at radius 1 is 0.976 bits per heavy atom. The van der Waals surface area contributed by atoms with Crippen LogP contribution in [0.25, 0.3) is 22.6 Å². The second kappa shape index (κ2) is 10.6. The van der Waals surface area contributed by atoms with Crippen molar-refractivity contribution < 1.29 is 27.2 Å². The average molecular weight is 573 g/mol. The van der Waals surface area contributed by atoms with Crippen LogP contribution in [0.1, 0.15) is 39.0 Å². The molecule has 1 aliphatic heterocycles. The number of imide groups is 1. The van der Waals surface area contributed by atoms with Crippen molar-refractivity contribution in [1.29, 1.82) is 0 Å². The van der Waals surface area contributed by atoms with Crippen molar-refractivity contribution in [3.05, 3.63) is 72.8 Å². The van der Waals surface area contributed by atoms with E-state index in [1.54, 1.807) is 24.3 Å². The van der Waals surface area contributed by atoms with E-state index in [0.29, 0.717) is 41.3 Å². The van der Waals surface area contributed by atoms with Gasteiger partial charge in [-0.15, -0.1) is 0 Å². The number of oxazole rings is 1. The number of sulfonamides is 1. The summed E-state index contributed by atoms with van der Waals surface area (Å²) < 4.78 is 35.0. The van der Waals surface area contributed by atoms with E-state index in [1.807, 2.05) is 24.3 Å². The number of amides is 3. The fraction of sp³-hybridized carbons (Fsp3) is 0.267. The molecule has 1 aromatic heterocycles. The van der Waals surface area contributed by atoms with Crippen molar-refractivity contribution in [3.8, 4) is 11.5 Å². The third-order valence-corrected chi connectivity index (χ3v) is 9.51. The number of fused-ring (bicyclic) bond motifs is 1. The molecule has 1 saturated heterocycles. The third kappa shape index (κ3) is 5.02. The van der Waals surface area contributed by atoms with Crippen molar-refractivity contribution >= 4 is 50.2 Å². The Kier molecular flexibility index (Phi) is 6.92. The lowest BCUT2D eigenvalue weighted by molar-refractivity contribution is -0.122. The minimum atomic E-state index is -4.13. The van der Waals surface area contributed by atoms with E-state index in [9.17, 15) is 22.8 Å². The molecule has 2 heterocycles. The minimum Gasteiger partial charge on any atom is -0.436 e. The fourth-order valence-corrected chi connectivity index (χ4v) is 7.47. The van der Waals surface area contributed by atoms with Crippen LogP contribution in [0, 0.1) is 0 Å². The first-order chi connectivity index (χ1) is 19.7. The van der Waals surface area contributed by atoms with E-state index in [4.69, 9.17) is 4.42 Å². The first-order valence-electron chi connectivity index (χ1n) is 13.5. The predicted octanol–water partition coefficient (Wildman–Crippen LogP) is 4.72. The van der Waals surface area contributed by atoms with Gasteiger partial charge in [0.2, 0.25) is 27.7 Å². The number of nitrogens with zero attached hydrogens (tertiary/aromatic N) is 3. The molecule has 3 amide bonds. The van der Waals surface area contributed by atoms with Gasteiger partial charge in [0.25, 0.3) is 5.91 Å². The van der Waals surface area contributed by atoms with Crippen molar-refractivity contribution in [2.75, 3.05) is 10.2 Å². The van der Waals surface area contributed by atoms with Crippen LogP contribution < -0.4 is 10.2 Å². The van der Waals surface area contributed by atoms with Gasteiger partial charge in [-0.1, -0.05) is 25.0 Å². The lowest BCUT2D eigenvalue weighted by Crippen LogP contribution is -2.49. The van der Waals surface area contributed by atoms with E-state index < -0.39 is 33.9 Å². The average Bonchev–Trinajstić information content (AvgIpc) is 3.69. The maximum absolute atomic E-state index is 13.9. The summed E-state index contributed by atoms with van der Waals surface area (Å²) in [6.07, 6.45) is 2.66. The Bertz CT molecular complexity index is 1710. The van der Waals surface area contributed by atoms with Crippen molar-refractivity contribution in [1.82, 2.24) is 9.29 Å². The van der Waals surface area contributed by atoms with Crippen LogP contribution in [0.5, 0.6) is 0 Å². The molecule has 2 fully saturated rings. The van der Waals surface area contributed by atoms with Crippen LogP contribution in [0.15, 0.2) is 82.1 Å². The molecule has 1 unspecified atom stereocenters. The molecule has 41 heavy (non-hydrogen) atoms. The quantitative estimate of drug-likeness (QED) is 0.317. The highest BCUT2D eigenvalue weighted by Gasteiger charge is 2.49. The molecular formula is C30H28N4O6S. The number of hydrogen-bond acceptors (Lipinski definition) is 7. The van der Waals surface area contributed by atoms with E-state index in [2.05, 4.69) is 10.3 Å². The summed E-state index contributed by atoms with van der Waals surface area (Å²) in [5.74, 6) is -0.897. The van der Waals surface area contributed by atoms with Gasteiger partial charge < -0.3 is 9.73 Å². The highest BCUT2D eigenvalue weighted by molar-refractivity contribution is 7.89. The molecule has 0 spiro atoms. The molecule has 3 aromatic carbocycles. The van der Waals surface area contributed by atoms with Gasteiger partial charge in [0.15, 0.2) is 5.58 Å². The Hall–Kier alpha value is -4.35. The fourth-order valence-electron chi connectivity index (χ4n) is 5.65. The summed E-state index contributed by atoms with van der Waals surface area (Å²) in [7, 11) is -4.13. The zero-order chi connectivity index (χ0) is 28.7. The number of anilines is 2. The molecule has 210 valence electrons. The summed E-state index contributed by atoms with van der Waals surface area (Å²) in [5.41, 5.74) is 2.86. The van der Waals surface area contributed by atoms with Gasteiger partial charge >= 0.3 is 0 Å². The highest BCUT2D eigenvalue weighted by Crippen LogP contribution is 2.36.